The Morgan fingerprint density at radius 3 is 2.63 bits per heavy atom. The van der Waals surface area contributed by atoms with Crippen LogP contribution in [0.4, 0.5) is 10.6 Å². The number of fused-ring (bicyclic) bond motifs is 2. The summed E-state index contributed by atoms with van der Waals surface area (Å²) >= 11 is 0. The minimum absolute atomic E-state index is 0.0820. The van der Waals surface area contributed by atoms with Crippen molar-refractivity contribution in [3.8, 4) is 0 Å². The Balaban J connectivity index is 1.24. The van der Waals surface area contributed by atoms with E-state index in [1.54, 1.807) is 29.1 Å². The number of nitrogens with one attached hydrogen (secondary N) is 2. The van der Waals surface area contributed by atoms with Crippen LogP contribution in [0.3, 0.4) is 0 Å². The van der Waals surface area contributed by atoms with E-state index in [0.717, 1.165) is 5.56 Å². The van der Waals surface area contributed by atoms with Crippen molar-refractivity contribution in [3.05, 3.63) is 90.0 Å². The molecule has 2 fully saturated rings. The zero-order valence-corrected chi connectivity index (χ0v) is 23.2. The molecule has 0 bridgehead atoms. The summed E-state index contributed by atoms with van der Waals surface area (Å²) in [6.45, 7) is 2.47. The van der Waals surface area contributed by atoms with Crippen molar-refractivity contribution < 1.29 is 33.6 Å². The molecule has 4 heterocycles. The topological polar surface area (TPSA) is 159 Å². The summed E-state index contributed by atoms with van der Waals surface area (Å²) in [6.07, 6.45) is 3.75. The highest BCUT2D eigenvalue weighted by molar-refractivity contribution is 5.95. The molecule has 222 valence electrons. The van der Waals surface area contributed by atoms with Crippen LogP contribution in [0.1, 0.15) is 34.6 Å². The molecule has 0 spiro atoms. The second kappa shape index (κ2) is 12.7. The zero-order valence-electron chi connectivity index (χ0n) is 23.2. The van der Waals surface area contributed by atoms with Crippen LogP contribution in [-0.2, 0) is 25.6 Å². The molecule has 2 aliphatic rings. The third kappa shape index (κ3) is 6.10. The number of imidazole rings is 1. The summed E-state index contributed by atoms with van der Waals surface area (Å²) in [7, 11) is 0. The van der Waals surface area contributed by atoms with Gasteiger partial charge < -0.3 is 29.4 Å². The maximum atomic E-state index is 12.1. The molecular formula is C30H30N6O7. The average molecular weight is 587 g/mol. The maximum absolute atomic E-state index is 12.1. The molecule has 6 rings (SSSR count). The molecule has 4 aromatic rings. The molecule has 2 aliphatic heterocycles. The first-order chi connectivity index (χ1) is 21.0. The van der Waals surface area contributed by atoms with Gasteiger partial charge >= 0.3 is 12.0 Å². The van der Waals surface area contributed by atoms with Gasteiger partial charge in [0, 0.05) is 6.54 Å². The number of rotatable bonds is 10. The fourth-order valence-electron chi connectivity index (χ4n) is 5.14. The van der Waals surface area contributed by atoms with Crippen LogP contribution in [0, 0.1) is 0 Å². The van der Waals surface area contributed by atoms with Crippen molar-refractivity contribution in [2.24, 2.45) is 0 Å². The quantitative estimate of drug-likeness (QED) is 0.251. The molecule has 3 N–H and O–H groups in total. The first-order valence-corrected chi connectivity index (χ1v) is 13.8. The summed E-state index contributed by atoms with van der Waals surface area (Å²) in [5.74, 6) is -0.763. The van der Waals surface area contributed by atoms with E-state index in [2.05, 4.69) is 25.6 Å². The van der Waals surface area contributed by atoms with E-state index in [0.29, 0.717) is 23.3 Å². The number of benzene rings is 2. The number of urea groups is 1. The number of aromatic carboxylic acids is 1. The molecular weight excluding hydrogens is 556 g/mol. The molecule has 13 nitrogen and oxygen atoms in total. The van der Waals surface area contributed by atoms with Gasteiger partial charge in [0.05, 0.1) is 25.1 Å². The first kappa shape index (κ1) is 28.4. The molecule has 2 aromatic carbocycles. The van der Waals surface area contributed by atoms with Crippen molar-refractivity contribution in [1.82, 2.24) is 24.8 Å². The van der Waals surface area contributed by atoms with E-state index >= 15 is 0 Å². The highest BCUT2D eigenvalue weighted by atomic mass is 16.8. The number of carboxylic acids is 1. The van der Waals surface area contributed by atoms with E-state index in [4.69, 9.17) is 18.9 Å². The standard InChI is InChI=1S/C30H30N6O7/c1-2-31-30(39)35-26-23-27(33-16-32-26)36(17-34-23)28-25-24(42-22(43-25)13-12-18-8-4-3-5-9-18)21(41-28)15-40-14-19-10-6-7-11-20(19)29(37)38/h3-13,16-17,21-22,24-25,28H,2,14-15H2,1H3,(H,37,38)(H2,31,32,33,35,39)/b13-12+/t21-,22+,24+,25?,28-/m1/s1. The lowest BCUT2D eigenvalue weighted by atomic mass is 10.1. The van der Waals surface area contributed by atoms with E-state index in [1.165, 1.54) is 12.4 Å². The third-order valence-electron chi connectivity index (χ3n) is 7.10. The molecule has 5 atom stereocenters. The molecule has 0 saturated carbocycles. The summed E-state index contributed by atoms with van der Waals surface area (Å²) in [5.41, 5.74) is 2.56. The number of ether oxygens (including phenoxy) is 4. The van der Waals surface area contributed by atoms with E-state index in [1.807, 2.05) is 49.4 Å². The van der Waals surface area contributed by atoms with Gasteiger partial charge in [0.1, 0.15) is 24.6 Å². The third-order valence-corrected chi connectivity index (χ3v) is 7.10. The molecule has 43 heavy (non-hydrogen) atoms. The second-order valence-electron chi connectivity index (χ2n) is 9.91. The van der Waals surface area contributed by atoms with Gasteiger partial charge in [-0.1, -0.05) is 54.6 Å². The van der Waals surface area contributed by atoms with Crippen LogP contribution in [0.25, 0.3) is 17.2 Å². The van der Waals surface area contributed by atoms with Gasteiger partial charge in [-0.3, -0.25) is 9.88 Å². The Morgan fingerprint density at radius 1 is 1.02 bits per heavy atom. The van der Waals surface area contributed by atoms with E-state index in [-0.39, 0.29) is 24.6 Å². The first-order valence-electron chi connectivity index (χ1n) is 13.8. The smallest absolute Gasteiger partial charge is 0.336 e. The van der Waals surface area contributed by atoms with Gasteiger partial charge in [-0.15, -0.1) is 0 Å². The minimum Gasteiger partial charge on any atom is -0.478 e. The van der Waals surface area contributed by atoms with Crippen LogP contribution in [0.5, 0.6) is 0 Å². The summed E-state index contributed by atoms with van der Waals surface area (Å²) in [5, 5.41) is 14.9. The summed E-state index contributed by atoms with van der Waals surface area (Å²) in [4.78, 5) is 36.8. The van der Waals surface area contributed by atoms with Gasteiger partial charge in [-0.25, -0.2) is 24.5 Å². The fraction of sp³-hybridized carbons (Fsp3) is 0.300. The minimum atomic E-state index is -1.02. The van der Waals surface area contributed by atoms with Crippen molar-refractivity contribution in [2.45, 2.75) is 44.4 Å². The lowest BCUT2D eigenvalue weighted by Gasteiger charge is -2.20. The predicted octanol–water partition coefficient (Wildman–Crippen LogP) is 3.60. The number of nitrogens with zero attached hydrogens (tertiary/aromatic N) is 4. The van der Waals surface area contributed by atoms with Crippen molar-refractivity contribution >= 4 is 35.1 Å². The normalized spacial score (nSPS) is 23.0. The SMILES string of the molecule is CCNC(=O)Nc1ncnc2c1ncn2[C@@H]1O[C@H](COCc2ccccc2C(=O)O)[C@@H]2O[C@H](/C=C/c3ccccc3)OC21. The summed E-state index contributed by atoms with van der Waals surface area (Å²) in [6, 6.07) is 16.1. The fourth-order valence-corrected chi connectivity index (χ4v) is 5.14. The Hall–Kier alpha value is -4.69. The van der Waals surface area contributed by atoms with Crippen molar-refractivity contribution in [2.75, 3.05) is 18.5 Å². The van der Waals surface area contributed by atoms with Crippen molar-refractivity contribution in [3.63, 3.8) is 0 Å². The Kier molecular flexibility index (Phi) is 8.38. The van der Waals surface area contributed by atoms with Crippen LogP contribution in [0.2, 0.25) is 0 Å². The zero-order chi connectivity index (χ0) is 29.8. The van der Waals surface area contributed by atoms with Gasteiger partial charge in [0.15, 0.2) is 29.5 Å². The number of carbonyl (C=O) groups excluding carboxylic acids is 1. The Morgan fingerprint density at radius 2 is 1.81 bits per heavy atom. The number of carbonyl (C=O) groups is 2. The van der Waals surface area contributed by atoms with E-state index < -0.39 is 42.8 Å². The maximum Gasteiger partial charge on any atom is 0.336 e. The van der Waals surface area contributed by atoms with Crippen molar-refractivity contribution in [1.29, 1.82) is 0 Å². The molecule has 2 saturated heterocycles. The van der Waals surface area contributed by atoms with Gasteiger partial charge in [0.2, 0.25) is 0 Å². The van der Waals surface area contributed by atoms with Gasteiger partial charge in [0.25, 0.3) is 0 Å². The van der Waals surface area contributed by atoms with Crippen LogP contribution in [-0.4, -0.2) is 74.4 Å². The van der Waals surface area contributed by atoms with Gasteiger partial charge in [-0.2, -0.15) is 0 Å². The van der Waals surface area contributed by atoms with Crippen LogP contribution < -0.4 is 10.6 Å². The number of aromatic nitrogens is 4. The average Bonchev–Trinajstić information content (AvgIpc) is 3.72. The molecule has 0 radical (unpaired) electrons. The van der Waals surface area contributed by atoms with Crippen LogP contribution >= 0.6 is 0 Å². The number of hydrogen-bond acceptors (Lipinski definition) is 9. The number of carboxylic acid groups (broad SMARTS) is 1. The number of anilines is 1. The molecule has 13 heteroatoms. The lowest BCUT2D eigenvalue weighted by Crippen LogP contribution is -2.32. The predicted molar refractivity (Wildman–Crippen MR) is 154 cm³/mol. The highest BCUT2D eigenvalue weighted by Crippen LogP contribution is 2.41. The largest absolute Gasteiger partial charge is 0.478 e. The Bertz CT molecular complexity index is 1630. The molecule has 1 unspecified atom stereocenters. The number of hydrogen-bond donors (Lipinski definition) is 3. The molecule has 0 aliphatic carbocycles. The van der Waals surface area contributed by atoms with Crippen LogP contribution in [0.15, 0.2) is 73.3 Å². The second-order valence-corrected chi connectivity index (χ2v) is 9.91. The van der Waals surface area contributed by atoms with E-state index in [9.17, 15) is 14.7 Å². The molecule has 2 aromatic heterocycles. The monoisotopic (exact) mass is 586 g/mol. The summed E-state index contributed by atoms with van der Waals surface area (Å²) < 4.78 is 26.7. The lowest BCUT2D eigenvalue weighted by molar-refractivity contribution is -0.139. The van der Waals surface area contributed by atoms with Gasteiger partial charge in [-0.05, 0) is 30.2 Å². The number of amides is 2. The Labute approximate surface area is 246 Å². The highest BCUT2D eigenvalue weighted by Gasteiger charge is 2.53. The molecule has 2 amide bonds.